The molecule has 0 bridgehead atoms. The first-order valence-electron chi connectivity index (χ1n) is 8.64. The number of carbonyl (C=O) groups excluding carboxylic acids is 1. The maximum absolute atomic E-state index is 12.1. The lowest BCUT2D eigenvalue weighted by Gasteiger charge is -2.35. The molecule has 0 saturated carbocycles. The van der Waals surface area contributed by atoms with E-state index in [4.69, 9.17) is 0 Å². The van der Waals surface area contributed by atoms with Gasteiger partial charge in [0.25, 0.3) is 0 Å². The number of rotatable bonds is 5. The molecule has 1 atom stereocenters. The maximum Gasteiger partial charge on any atom is 0.317 e. The fourth-order valence-corrected chi connectivity index (χ4v) is 3.01. The highest BCUT2D eigenvalue weighted by molar-refractivity contribution is 5.74. The van der Waals surface area contributed by atoms with E-state index in [1.165, 1.54) is 32.1 Å². The fraction of sp³-hybridized carbons (Fsp3) is 0.824. The summed E-state index contributed by atoms with van der Waals surface area (Å²) in [4.78, 5) is 16.5. The Labute approximate surface area is 129 Å². The number of amides is 2. The van der Waals surface area contributed by atoms with E-state index in [1.54, 1.807) is 5.57 Å². The topological polar surface area (TPSA) is 35.6 Å². The molecular formula is C17H31N3O. The summed E-state index contributed by atoms with van der Waals surface area (Å²) in [5, 5.41) is 3.06. The molecule has 4 nitrogen and oxygen atoms in total. The summed E-state index contributed by atoms with van der Waals surface area (Å²) in [6.45, 7) is 9.08. The molecule has 0 radical (unpaired) electrons. The van der Waals surface area contributed by atoms with E-state index in [0.717, 1.165) is 39.1 Å². The quantitative estimate of drug-likeness (QED) is 0.791. The summed E-state index contributed by atoms with van der Waals surface area (Å²) in [6.07, 6.45) is 9.97. The predicted octanol–water partition coefficient (Wildman–Crippen LogP) is 3.00. The number of nitrogens with one attached hydrogen (secondary N) is 1. The summed E-state index contributed by atoms with van der Waals surface area (Å²) >= 11 is 0. The average Bonchev–Trinajstić information content (AvgIpc) is 2.54. The minimum Gasteiger partial charge on any atom is -0.336 e. The Morgan fingerprint density at radius 3 is 2.67 bits per heavy atom. The third-order valence-corrected chi connectivity index (χ3v) is 4.78. The molecule has 2 rings (SSSR count). The largest absolute Gasteiger partial charge is 0.336 e. The van der Waals surface area contributed by atoms with Crippen LogP contribution in [0, 0.1) is 0 Å². The molecule has 4 heteroatoms. The van der Waals surface area contributed by atoms with Crippen molar-refractivity contribution in [2.45, 2.75) is 58.4 Å². The van der Waals surface area contributed by atoms with E-state index in [1.807, 2.05) is 4.90 Å². The Bertz CT molecular complexity index is 359. The van der Waals surface area contributed by atoms with Crippen molar-refractivity contribution in [1.82, 2.24) is 15.1 Å². The van der Waals surface area contributed by atoms with Crippen molar-refractivity contribution in [1.29, 1.82) is 0 Å². The molecule has 120 valence electrons. The normalized spacial score (nSPS) is 21.8. The lowest BCUT2D eigenvalue weighted by atomic mass is 9.97. The van der Waals surface area contributed by atoms with Gasteiger partial charge in [0, 0.05) is 38.8 Å². The molecule has 1 aliphatic heterocycles. The highest BCUT2D eigenvalue weighted by atomic mass is 16.2. The van der Waals surface area contributed by atoms with Crippen LogP contribution in [0.5, 0.6) is 0 Å². The van der Waals surface area contributed by atoms with Crippen LogP contribution in [-0.4, -0.2) is 54.6 Å². The van der Waals surface area contributed by atoms with Crippen LogP contribution in [0.15, 0.2) is 11.6 Å². The monoisotopic (exact) mass is 293 g/mol. The van der Waals surface area contributed by atoms with Crippen LogP contribution >= 0.6 is 0 Å². The summed E-state index contributed by atoms with van der Waals surface area (Å²) in [5.41, 5.74) is 1.65. The predicted molar refractivity (Wildman–Crippen MR) is 87.5 cm³/mol. The van der Waals surface area contributed by atoms with Gasteiger partial charge in [0.2, 0.25) is 0 Å². The van der Waals surface area contributed by atoms with Crippen molar-refractivity contribution in [2.75, 3.05) is 32.7 Å². The highest BCUT2D eigenvalue weighted by Gasteiger charge is 2.21. The number of piperazine rings is 1. The number of hydrogen-bond donors (Lipinski definition) is 1. The van der Waals surface area contributed by atoms with E-state index in [0.29, 0.717) is 0 Å². The average molecular weight is 293 g/mol. The van der Waals surface area contributed by atoms with Crippen molar-refractivity contribution >= 4 is 6.03 Å². The third kappa shape index (κ3) is 5.34. The number of hydrogen-bond acceptors (Lipinski definition) is 2. The molecule has 1 saturated heterocycles. The molecule has 1 fully saturated rings. The Kier molecular flexibility index (Phi) is 6.55. The van der Waals surface area contributed by atoms with Gasteiger partial charge in [-0.2, -0.15) is 0 Å². The summed E-state index contributed by atoms with van der Waals surface area (Å²) in [7, 11) is 0. The van der Waals surface area contributed by atoms with Crippen LogP contribution in [0.25, 0.3) is 0 Å². The lowest BCUT2D eigenvalue weighted by molar-refractivity contribution is 0.138. The smallest absolute Gasteiger partial charge is 0.317 e. The van der Waals surface area contributed by atoms with Crippen LogP contribution in [0.2, 0.25) is 0 Å². The van der Waals surface area contributed by atoms with Crippen molar-refractivity contribution in [3.05, 3.63) is 11.6 Å². The second-order valence-electron chi connectivity index (χ2n) is 6.45. The Morgan fingerprint density at radius 1 is 1.29 bits per heavy atom. The minimum atomic E-state index is 0.110. The first-order chi connectivity index (χ1) is 10.2. The van der Waals surface area contributed by atoms with E-state index in [2.05, 4.69) is 30.1 Å². The lowest BCUT2D eigenvalue weighted by Crippen LogP contribution is -2.53. The van der Waals surface area contributed by atoms with Gasteiger partial charge in [-0.1, -0.05) is 18.6 Å². The van der Waals surface area contributed by atoms with Crippen LogP contribution < -0.4 is 5.32 Å². The van der Waals surface area contributed by atoms with Crippen molar-refractivity contribution in [3.8, 4) is 0 Å². The molecule has 2 aliphatic rings. The van der Waals surface area contributed by atoms with Crippen LogP contribution in [0.1, 0.15) is 52.4 Å². The Morgan fingerprint density at radius 2 is 2.05 bits per heavy atom. The van der Waals surface area contributed by atoms with E-state index in [9.17, 15) is 4.79 Å². The molecule has 0 aromatic carbocycles. The number of urea groups is 1. The van der Waals surface area contributed by atoms with Crippen LogP contribution in [0.3, 0.4) is 0 Å². The summed E-state index contributed by atoms with van der Waals surface area (Å²) < 4.78 is 0. The zero-order valence-electron chi connectivity index (χ0n) is 13.7. The minimum absolute atomic E-state index is 0.110. The molecule has 1 aliphatic carbocycles. The number of carbonyl (C=O) groups is 1. The molecular weight excluding hydrogens is 262 g/mol. The van der Waals surface area contributed by atoms with Crippen LogP contribution in [-0.2, 0) is 0 Å². The molecule has 1 N–H and O–H groups in total. The van der Waals surface area contributed by atoms with E-state index < -0.39 is 0 Å². The molecule has 1 heterocycles. The number of nitrogens with zero attached hydrogens (tertiary/aromatic N) is 2. The fourth-order valence-electron chi connectivity index (χ4n) is 3.01. The van der Waals surface area contributed by atoms with Gasteiger partial charge in [0.05, 0.1) is 0 Å². The van der Waals surface area contributed by atoms with Gasteiger partial charge >= 0.3 is 6.03 Å². The van der Waals surface area contributed by atoms with Gasteiger partial charge in [-0.15, -0.1) is 0 Å². The van der Waals surface area contributed by atoms with Gasteiger partial charge in [-0.3, -0.25) is 4.90 Å². The van der Waals surface area contributed by atoms with Crippen LogP contribution in [0.4, 0.5) is 4.79 Å². The molecule has 0 aromatic rings. The van der Waals surface area contributed by atoms with Gasteiger partial charge in [-0.25, -0.2) is 4.79 Å². The Balaban J connectivity index is 1.65. The molecule has 0 aromatic heterocycles. The zero-order chi connectivity index (χ0) is 15.1. The summed E-state index contributed by atoms with van der Waals surface area (Å²) in [6, 6.07) is 0.382. The van der Waals surface area contributed by atoms with E-state index >= 15 is 0 Å². The van der Waals surface area contributed by atoms with Gasteiger partial charge in [-0.05, 0) is 45.4 Å². The van der Waals surface area contributed by atoms with Gasteiger partial charge in [0.15, 0.2) is 0 Å². The second-order valence-corrected chi connectivity index (χ2v) is 6.45. The SMILES string of the molecule is CCC(C)NC(=O)N1CCN(CCC2=CCCCC2)CC1. The van der Waals surface area contributed by atoms with Gasteiger partial charge < -0.3 is 10.2 Å². The third-order valence-electron chi connectivity index (χ3n) is 4.78. The standard InChI is InChI=1S/C17H31N3O/c1-3-15(2)18-17(21)20-13-11-19(12-14-20)10-9-16-7-5-4-6-8-16/h7,15H,3-6,8-14H2,1-2H3,(H,18,21). The number of allylic oxidation sites excluding steroid dienone is 1. The molecule has 0 spiro atoms. The maximum atomic E-state index is 12.1. The molecule has 2 amide bonds. The van der Waals surface area contributed by atoms with Crippen molar-refractivity contribution in [3.63, 3.8) is 0 Å². The molecule has 21 heavy (non-hydrogen) atoms. The first kappa shape index (κ1) is 16.3. The van der Waals surface area contributed by atoms with Crippen molar-refractivity contribution < 1.29 is 4.79 Å². The van der Waals surface area contributed by atoms with Crippen molar-refractivity contribution in [2.24, 2.45) is 0 Å². The Hall–Kier alpha value is -1.03. The van der Waals surface area contributed by atoms with E-state index in [-0.39, 0.29) is 12.1 Å². The zero-order valence-corrected chi connectivity index (χ0v) is 13.7. The second kappa shape index (κ2) is 8.42. The highest BCUT2D eigenvalue weighted by Crippen LogP contribution is 2.20. The first-order valence-corrected chi connectivity index (χ1v) is 8.64. The van der Waals surface area contributed by atoms with Gasteiger partial charge in [0.1, 0.15) is 0 Å². The molecule has 1 unspecified atom stereocenters. The summed E-state index contributed by atoms with van der Waals surface area (Å²) in [5.74, 6) is 0.